The van der Waals surface area contributed by atoms with Gasteiger partial charge in [-0.05, 0) is 16.1 Å². The molecule has 0 bridgehead atoms. The van der Waals surface area contributed by atoms with E-state index in [1.165, 1.54) is 0 Å². The van der Waals surface area contributed by atoms with E-state index in [4.69, 9.17) is 0 Å². The molecular formula is C19H17N2+. The fraction of sp³-hybridized carbons (Fsp3) is 0.0526. The molecule has 2 aromatic carbocycles. The van der Waals surface area contributed by atoms with Crippen LogP contribution in [0.25, 0.3) is 16.8 Å². The fourth-order valence-electron chi connectivity index (χ4n) is 2.24. The minimum atomic E-state index is 0.742. The number of aromatic nitrogens is 2. The van der Waals surface area contributed by atoms with Gasteiger partial charge in [0, 0.05) is 11.6 Å². The Kier molecular flexibility index (Phi) is 3.88. The van der Waals surface area contributed by atoms with E-state index in [1.54, 1.807) is 0 Å². The third-order valence-electron chi connectivity index (χ3n) is 3.39. The first-order chi connectivity index (χ1) is 10.3. The van der Waals surface area contributed by atoms with Gasteiger partial charge in [0.15, 0.2) is 5.69 Å². The Morgan fingerprint density at radius 3 is 2.19 bits per heavy atom. The normalized spacial score (nSPS) is 10.3. The summed E-state index contributed by atoms with van der Waals surface area (Å²) in [6.45, 7) is 4.89. The summed E-state index contributed by atoms with van der Waals surface area (Å²) in [5, 5.41) is 0. The van der Waals surface area contributed by atoms with Crippen LogP contribution in [0.1, 0.15) is 5.56 Å². The SMILES string of the molecule is C=C(C[n+]1ccc(-c2ccccc2)nc1)c1ccccc1. The highest BCUT2D eigenvalue weighted by Gasteiger charge is 2.07. The van der Waals surface area contributed by atoms with Gasteiger partial charge in [0.05, 0.1) is 6.20 Å². The van der Waals surface area contributed by atoms with Crippen molar-refractivity contribution >= 4 is 5.57 Å². The maximum atomic E-state index is 4.52. The van der Waals surface area contributed by atoms with Gasteiger partial charge in [0.25, 0.3) is 6.33 Å². The highest BCUT2D eigenvalue weighted by Crippen LogP contribution is 2.14. The Hall–Kier alpha value is -2.74. The first-order valence-corrected chi connectivity index (χ1v) is 6.96. The molecule has 0 saturated carbocycles. The van der Waals surface area contributed by atoms with Crippen molar-refractivity contribution in [2.24, 2.45) is 0 Å². The molecule has 0 unspecified atom stereocenters. The highest BCUT2D eigenvalue weighted by molar-refractivity contribution is 5.62. The lowest BCUT2D eigenvalue weighted by Gasteiger charge is -2.04. The summed E-state index contributed by atoms with van der Waals surface area (Å²) >= 11 is 0. The number of allylic oxidation sites excluding steroid dienone is 1. The highest BCUT2D eigenvalue weighted by atomic mass is 15.0. The average Bonchev–Trinajstić information content (AvgIpc) is 2.57. The van der Waals surface area contributed by atoms with Gasteiger partial charge in [-0.25, -0.2) is 4.57 Å². The van der Waals surface area contributed by atoms with E-state index in [1.807, 2.05) is 59.6 Å². The van der Waals surface area contributed by atoms with Crippen molar-refractivity contribution in [1.29, 1.82) is 0 Å². The van der Waals surface area contributed by atoms with E-state index in [-0.39, 0.29) is 0 Å². The number of rotatable bonds is 4. The summed E-state index contributed by atoms with van der Waals surface area (Å²) in [5.41, 5.74) is 4.36. The molecule has 1 aromatic heterocycles. The molecule has 0 spiro atoms. The zero-order valence-electron chi connectivity index (χ0n) is 11.8. The van der Waals surface area contributed by atoms with Crippen molar-refractivity contribution in [2.75, 3.05) is 0 Å². The van der Waals surface area contributed by atoms with Crippen molar-refractivity contribution in [3.63, 3.8) is 0 Å². The van der Waals surface area contributed by atoms with Crippen LogP contribution in [-0.2, 0) is 6.54 Å². The van der Waals surface area contributed by atoms with Crippen LogP contribution >= 0.6 is 0 Å². The molecule has 0 fully saturated rings. The second kappa shape index (κ2) is 6.14. The average molecular weight is 273 g/mol. The molecule has 0 atom stereocenters. The van der Waals surface area contributed by atoms with Crippen molar-refractivity contribution in [1.82, 2.24) is 4.98 Å². The van der Waals surface area contributed by atoms with E-state index in [9.17, 15) is 0 Å². The predicted molar refractivity (Wildman–Crippen MR) is 85.3 cm³/mol. The zero-order valence-corrected chi connectivity index (χ0v) is 11.8. The Morgan fingerprint density at radius 2 is 1.57 bits per heavy atom. The summed E-state index contributed by atoms with van der Waals surface area (Å²) in [7, 11) is 0. The van der Waals surface area contributed by atoms with Crippen molar-refractivity contribution < 1.29 is 4.57 Å². The molecule has 0 amide bonds. The molecule has 3 aromatic rings. The molecule has 0 aliphatic heterocycles. The van der Waals surface area contributed by atoms with Crippen LogP contribution in [-0.4, -0.2) is 4.98 Å². The molecule has 0 N–H and O–H groups in total. The van der Waals surface area contributed by atoms with E-state index >= 15 is 0 Å². The van der Waals surface area contributed by atoms with E-state index in [0.717, 1.165) is 28.9 Å². The molecule has 21 heavy (non-hydrogen) atoms. The molecule has 102 valence electrons. The Bertz CT molecular complexity index is 717. The number of nitrogens with zero attached hydrogens (tertiary/aromatic N) is 2. The molecule has 1 heterocycles. The number of benzene rings is 2. The van der Waals surface area contributed by atoms with Crippen LogP contribution in [0.15, 0.2) is 85.8 Å². The van der Waals surface area contributed by atoms with Gasteiger partial charge in [-0.2, -0.15) is 0 Å². The topological polar surface area (TPSA) is 16.8 Å². The third-order valence-corrected chi connectivity index (χ3v) is 3.39. The van der Waals surface area contributed by atoms with Crippen LogP contribution in [0.3, 0.4) is 0 Å². The summed E-state index contributed by atoms with van der Waals surface area (Å²) < 4.78 is 2.04. The van der Waals surface area contributed by atoms with Gasteiger partial charge >= 0.3 is 0 Å². The molecule has 0 aliphatic rings. The van der Waals surface area contributed by atoms with E-state index < -0.39 is 0 Å². The minimum Gasteiger partial charge on any atom is -0.233 e. The Labute approximate surface area is 125 Å². The monoisotopic (exact) mass is 273 g/mol. The molecule has 0 saturated heterocycles. The van der Waals surface area contributed by atoms with Crippen LogP contribution < -0.4 is 4.57 Å². The standard InChI is InChI=1S/C19H17N2/c1-16(17-8-4-2-5-9-17)14-21-13-12-19(20-15-21)18-10-6-3-7-11-18/h2-13,15H,1,14H2/q+1. The van der Waals surface area contributed by atoms with Crippen LogP contribution in [0.4, 0.5) is 0 Å². The lowest BCUT2D eigenvalue weighted by molar-refractivity contribution is -0.687. The molecule has 2 nitrogen and oxygen atoms in total. The lowest BCUT2D eigenvalue weighted by Crippen LogP contribution is -2.33. The second-order valence-corrected chi connectivity index (χ2v) is 4.95. The molecule has 3 rings (SSSR count). The largest absolute Gasteiger partial charge is 0.287 e. The van der Waals surface area contributed by atoms with Gasteiger partial charge in [-0.1, -0.05) is 67.2 Å². The van der Waals surface area contributed by atoms with Gasteiger partial charge < -0.3 is 0 Å². The molecular weight excluding hydrogens is 256 g/mol. The fourth-order valence-corrected chi connectivity index (χ4v) is 2.24. The maximum Gasteiger partial charge on any atom is 0.287 e. The van der Waals surface area contributed by atoms with Gasteiger partial charge in [0.2, 0.25) is 0 Å². The second-order valence-electron chi connectivity index (χ2n) is 4.95. The van der Waals surface area contributed by atoms with Crippen LogP contribution in [0.5, 0.6) is 0 Å². The van der Waals surface area contributed by atoms with Gasteiger partial charge in [-0.3, -0.25) is 0 Å². The summed E-state index contributed by atoms with van der Waals surface area (Å²) in [5.74, 6) is 0. The molecule has 0 aliphatic carbocycles. The first-order valence-electron chi connectivity index (χ1n) is 6.96. The van der Waals surface area contributed by atoms with Crippen LogP contribution in [0.2, 0.25) is 0 Å². The minimum absolute atomic E-state index is 0.742. The van der Waals surface area contributed by atoms with Gasteiger partial charge in [0.1, 0.15) is 6.54 Å². The predicted octanol–water partition coefficient (Wildman–Crippen LogP) is 3.75. The van der Waals surface area contributed by atoms with Crippen molar-refractivity contribution in [3.05, 3.63) is 91.4 Å². The van der Waals surface area contributed by atoms with Crippen molar-refractivity contribution in [3.8, 4) is 11.3 Å². The summed E-state index contributed by atoms with van der Waals surface area (Å²) in [6, 6.07) is 22.5. The summed E-state index contributed by atoms with van der Waals surface area (Å²) in [4.78, 5) is 4.52. The Morgan fingerprint density at radius 1 is 0.905 bits per heavy atom. The molecule has 0 radical (unpaired) electrons. The van der Waals surface area contributed by atoms with Gasteiger partial charge in [-0.15, -0.1) is 0 Å². The van der Waals surface area contributed by atoms with E-state index in [2.05, 4.69) is 35.8 Å². The van der Waals surface area contributed by atoms with E-state index in [0.29, 0.717) is 0 Å². The zero-order chi connectivity index (χ0) is 14.5. The quantitative estimate of drug-likeness (QED) is 0.662. The lowest BCUT2D eigenvalue weighted by atomic mass is 10.1. The first kappa shape index (κ1) is 13.3. The van der Waals surface area contributed by atoms with Crippen molar-refractivity contribution in [2.45, 2.75) is 6.54 Å². The third kappa shape index (κ3) is 3.23. The molecule has 2 heteroatoms. The maximum absolute atomic E-state index is 4.52. The number of hydrogen-bond acceptors (Lipinski definition) is 1. The smallest absolute Gasteiger partial charge is 0.233 e. The summed E-state index contributed by atoms with van der Waals surface area (Å²) in [6.07, 6.45) is 3.90. The van der Waals surface area contributed by atoms with Crippen LogP contribution in [0, 0.1) is 0 Å². The Balaban J connectivity index is 1.75. The number of hydrogen-bond donors (Lipinski definition) is 0.